The maximum atomic E-state index is 4.46. The summed E-state index contributed by atoms with van der Waals surface area (Å²) in [6.07, 6.45) is 8.20. The van der Waals surface area contributed by atoms with Crippen LogP contribution in [0.2, 0.25) is 0 Å². The molecular formula is C11H15N3. The molecule has 3 rings (SSSR count). The van der Waals surface area contributed by atoms with E-state index in [0.29, 0.717) is 0 Å². The zero-order chi connectivity index (χ0) is 9.38. The maximum Gasteiger partial charge on any atom is 0.123 e. The Kier molecular flexibility index (Phi) is 1.91. The van der Waals surface area contributed by atoms with E-state index in [1.165, 1.54) is 36.4 Å². The minimum absolute atomic E-state index is 0.924. The van der Waals surface area contributed by atoms with Crippen molar-refractivity contribution in [2.24, 2.45) is 0 Å². The van der Waals surface area contributed by atoms with Gasteiger partial charge < -0.3 is 9.88 Å². The second-order valence-corrected chi connectivity index (χ2v) is 4.01. The third kappa shape index (κ3) is 1.20. The van der Waals surface area contributed by atoms with Gasteiger partial charge in [0.15, 0.2) is 0 Å². The summed E-state index contributed by atoms with van der Waals surface area (Å²) in [6.45, 7) is 3.07. The van der Waals surface area contributed by atoms with E-state index in [0.717, 1.165) is 19.6 Å². The molecule has 3 heteroatoms. The van der Waals surface area contributed by atoms with Crippen LogP contribution in [-0.2, 0) is 13.1 Å². The molecular weight excluding hydrogens is 174 g/mol. The first-order valence-corrected chi connectivity index (χ1v) is 5.40. The van der Waals surface area contributed by atoms with Crippen LogP contribution in [0.15, 0.2) is 12.3 Å². The Hall–Kier alpha value is -1.09. The highest BCUT2D eigenvalue weighted by Crippen LogP contribution is 2.28. The van der Waals surface area contributed by atoms with Crippen LogP contribution in [0.4, 0.5) is 0 Å². The molecule has 2 aliphatic rings. The topological polar surface area (TPSA) is 29.9 Å². The number of hydrogen-bond acceptors (Lipinski definition) is 2. The van der Waals surface area contributed by atoms with E-state index in [1.807, 2.05) is 6.20 Å². The first-order chi connectivity index (χ1) is 6.95. The molecule has 1 aromatic rings. The van der Waals surface area contributed by atoms with Crippen molar-refractivity contribution in [3.05, 3.63) is 23.8 Å². The molecule has 0 aromatic carbocycles. The van der Waals surface area contributed by atoms with Crippen molar-refractivity contribution >= 4 is 5.57 Å². The van der Waals surface area contributed by atoms with Crippen molar-refractivity contribution in [1.82, 2.24) is 14.9 Å². The first kappa shape index (κ1) is 8.24. The Morgan fingerprint density at radius 3 is 3.29 bits per heavy atom. The fourth-order valence-electron chi connectivity index (χ4n) is 2.36. The van der Waals surface area contributed by atoms with Gasteiger partial charge in [0.25, 0.3) is 0 Å². The zero-order valence-corrected chi connectivity index (χ0v) is 8.29. The monoisotopic (exact) mass is 189 g/mol. The quantitative estimate of drug-likeness (QED) is 0.726. The maximum absolute atomic E-state index is 4.46. The minimum atomic E-state index is 0.924. The molecule has 3 nitrogen and oxygen atoms in total. The molecule has 0 unspecified atom stereocenters. The summed E-state index contributed by atoms with van der Waals surface area (Å²) >= 11 is 0. The molecule has 0 bridgehead atoms. The van der Waals surface area contributed by atoms with E-state index in [4.69, 9.17) is 0 Å². The average molecular weight is 189 g/mol. The van der Waals surface area contributed by atoms with Crippen LogP contribution >= 0.6 is 0 Å². The molecule has 1 aromatic heterocycles. The van der Waals surface area contributed by atoms with Crippen molar-refractivity contribution in [2.75, 3.05) is 6.54 Å². The molecule has 0 amide bonds. The number of imidazole rings is 1. The molecule has 0 saturated carbocycles. The second-order valence-electron chi connectivity index (χ2n) is 4.01. The lowest BCUT2D eigenvalue weighted by molar-refractivity contribution is 0.502. The predicted octanol–water partition coefficient (Wildman–Crippen LogP) is 1.55. The summed E-state index contributed by atoms with van der Waals surface area (Å²) in [6, 6.07) is 0. The van der Waals surface area contributed by atoms with E-state index in [2.05, 4.69) is 20.9 Å². The average Bonchev–Trinajstić information content (AvgIpc) is 2.85. The fraction of sp³-hybridized carbons (Fsp3) is 0.545. The van der Waals surface area contributed by atoms with Gasteiger partial charge in [-0.2, -0.15) is 0 Å². The van der Waals surface area contributed by atoms with Crippen molar-refractivity contribution in [3.63, 3.8) is 0 Å². The molecule has 14 heavy (non-hydrogen) atoms. The van der Waals surface area contributed by atoms with Crippen LogP contribution in [0.3, 0.4) is 0 Å². The van der Waals surface area contributed by atoms with Crippen molar-refractivity contribution in [1.29, 1.82) is 0 Å². The smallest absolute Gasteiger partial charge is 0.123 e. The highest BCUT2D eigenvalue weighted by atomic mass is 15.2. The third-order valence-electron chi connectivity index (χ3n) is 3.10. The molecule has 74 valence electrons. The number of aromatic nitrogens is 2. The SMILES string of the molecule is C1=C(c2cnc3n2CCNC3)CCC1. The predicted molar refractivity (Wildman–Crippen MR) is 55.8 cm³/mol. The largest absolute Gasteiger partial charge is 0.326 e. The minimum Gasteiger partial charge on any atom is -0.326 e. The van der Waals surface area contributed by atoms with E-state index >= 15 is 0 Å². The molecule has 0 spiro atoms. The molecule has 1 aliphatic heterocycles. The number of nitrogens with one attached hydrogen (secondary N) is 1. The lowest BCUT2D eigenvalue weighted by Crippen LogP contribution is -2.28. The summed E-state index contributed by atoms with van der Waals surface area (Å²) in [5, 5.41) is 3.34. The molecule has 0 radical (unpaired) electrons. The van der Waals surface area contributed by atoms with Gasteiger partial charge in [-0.15, -0.1) is 0 Å². The van der Waals surface area contributed by atoms with Crippen LogP contribution < -0.4 is 5.32 Å². The Labute approximate surface area is 83.8 Å². The Balaban J connectivity index is 2.01. The summed E-state index contributed by atoms with van der Waals surface area (Å²) in [4.78, 5) is 4.46. The van der Waals surface area contributed by atoms with Crippen LogP contribution in [-0.4, -0.2) is 16.1 Å². The molecule has 0 fully saturated rings. The second kappa shape index (κ2) is 3.24. The summed E-state index contributed by atoms with van der Waals surface area (Å²) in [5.74, 6) is 1.19. The van der Waals surface area contributed by atoms with Gasteiger partial charge in [-0.25, -0.2) is 4.98 Å². The van der Waals surface area contributed by atoms with Gasteiger partial charge in [0.2, 0.25) is 0 Å². The molecule has 2 heterocycles. The van der Waals surface area contributed by atoms with Gasteiger partial charge in [-0.3, -0.25) is 0 Å². The van der Waals surface area contributed by atoms with Crippen LogP contribution in [0, 0.1) is 0 Å². The van der Waals surface area contributed by atoms with Gasteiger partial charge in [0.1, 0.15) is 5.82 Å². The first-order valence-electron chi connectivity index (χ1n) is 5.40. The summed E-state index contributed by atoms with van der Waals surface area (Å²) < 4.78 is 2.37. The van der Waals surface area contributed by atoms with Gasteiger partial charge in [-0.1, -0.05) is 6.08 Å². The van der Waals surface area contributed by atoms with Gasteiger partial charge in [0.05, 0.1) is 18.4 Å². The van der Waals surface area contributed by atoms with E-state index in [-0.39, 0.29) is 0 Å². The zero-order valence-electron chi connectivity index (χ0n) is 8.29. The summed E-state index contributed by atoms with van der Waals surface area (Å²) in [5.41, 5.74) is 2.87. The van der Waals surface area contributed by atoms with E-state index in [1.54, 1.807) is 0 Å². The third-order valence-corrected chi connectivity index (χ3v) is 3.10. The lowest BCUT2D eigenvalue weighted by Gasteiger charge is -2.17. The Bertz CT molecular complexity index is 376. The van der Waals surface area contributed by atoms with Crippen LogP contribution in [0.5, 0.6) is 0 Å². The number of hydrogen-bond donors (Lipinski definition) is 1. The standard InChI is InChI=1S/C11H15N3/c1-2-4-9(3-1)10-7-13-11-8-12-5-6-14(10)11/h3,7,12H,1-2,4-6,8H2. The van der Waals surface area contributed by atoms with Gasteiger partial charge >= 0.3 is 0 Å². The van der Waals surface area contributed by atoms with Crippen molar-refractivity contribution in [2.45, 2.75) is 32.4 Å². The lowest BCUT2D eigenvalue weighted by atomic mass is 10.2. The fourth-order valence-corrected chi connectivity index (χ4v) is 2.36. The van der Waals surface area contributed by atoms with E-state index in [9.17, 15) is 0 Å². The summed E-state index contributed by atoms with van der Waals surface area (Å²) in [7, 11) is 0. The number of fused-ring (bicyclic) bond motifs is 1. The molecule has 1 N–H and O–H groups in total. The Morgan fingerprint density at radius 1 is 1.43 bits per heavy atom. The van der Waals surface area contributed by atoms with Crippen molar-refractivity contribution < 1.29 is 0 Å². The Morgan fingerprint density at radius 2 is 2.43 bits per heavy atom. The van der Waals surface area contributed by atoms with Crippen LogP contribution in [0.25, 0.3) is 5.57 Å². The van der Waals surface area contributed by atoms with Gasteiger partial charge in [0, 0.05) is 13.1 Å². The van der Waals surface area contributed by atoms with Gasteiger partial charge in [-0.05, 0) is 24.8 Å². The number of allylic oxidation sites excluding steroid dienone is 2. The molecule has 0 atom stereocenters. The van der Waals surface area contributed by atoms with E-state index < -0.39 is 0 Å². The number of rotatable bonds is 1. The normalized spacial score (nSPS) is 20.7. The highest BCUT2D eigenvalue weighted by molar-refractivity contribution is 5.64. The molecule has 1 aliphatic carbocycles. The van der Waals surface area contributed by atoms with Crippen LogP contribution in [0.1, 0.15) is 30.8 Å². The van der Waals surface area contributed by atoms with Crippen molar-refractivity contribution in [3.8, 4) is 0 Å². The number of nitrogens with zero attached hydrogens (tertiary/aromatic N) is 2. The molecule has 0 saturated heterocycles. The highest BCUT2D eigenvalue weighted by Gasteiger charge is 2.17.